The lowest BCUT2D eigenvalue weighted by molar-refractivity contribution is 0.0202. The summed E-state index contributed by atoms with van der Waals surface area (Å²) in [5, 5.41) is 22.1. The number of benzene rings is 1. The highest BCUT2D eigenvalue weighted by atomic mass is 16.5. The molecule has 1 rings (SSSR count). The number of nitrogens with one attached hydrogen (secondary N) is 1. The monoisotopic (exact) mass is 211 g/mol. The predicted octanol–water partition coefficient (Wildman–Crippen LogP) is 0.309. The van der Waals surface area contributed by atoms with Crippen molar-refractivity contribution in [1.82, 2.24) is 5.32 Å². The van der Waals surface area contributed by atoms with Crippen LogP contribution in [0.3, 0.4) is 0 Å². The van der Waals surface area contributed by atoms with Crippen LogP contribution in [0.15, 0.2) is 24.3 Å². The van der Waals surface area contributed by atoms with E-state index in [2.05, 4.69) is 5.32 Å². The maximum absolute atomic E-state index is 9.75. The molecular weight excluding hydrogens is 194 g/mol. The molecule has 0 aliphatic rings. The molecule has 0 aliphatic carbocycles. The quantitative estimate of drug-likeness (QED) is 0.656. The van der Waals surface area contributed by atoms with Crippen molar-refractivity contribution < 1.29 is 14.9 Å². The molecule has 0 aromatic heterocycles. The summed E-state index contributed by atoms with van der Waals surface area (Å²) in [6.07, 6.45) is -1.67. The highest BCUT2D eigenvalue weighted by molar-refractivity contribution is 5.28. The van der Waals surface area contributed by atoms with Gasteiger partial charge in [0.05, 0.1) is 13.2 Å². The number of rotatable bonds is 5. The third-order valence-electron chi connectivity index (χ3n) is 2.24. The summed E-state index contributed by atoms with van der Waals surface area (Å²) >= 11 is 0. The van der Waals surface area contributed by atoms with Crippen LogP contribution in [0.4, 0.5) is 0 Å². The van der Waals surface area contributed by atoms with Gasteiger partial charge in [0.1, 0.15) is 11.9 Å². The van der Waals surface area contributed by atoms with Gasteiger partial charge in [0, 0.05) is 6.54 Å². The zero-order valence-electron chi connectivity index (χ0n) is 8.97. The zero-order valence-corrected chi connectivity index (χ0v) is 8.97. The molecule has 15 heavy (non-hydrogen) atoms. The molecule has 0 spiro atoms. The minimum Gasteiger partial charge on any atom is -0.497 e. The molecule has 0 radical (unpaired) electrons. The van der Waals surface area contributed by atoms with Crippen molar-refractivity contribution in [2.75, 3.05) is 20.7 Å². The van der Waals surface area contributed by atoms with Crippen molar-refractivity contribution >= 4 is 0 Å². The van der Waals surface area contributed by atoms with Gasteiger partial charge in [0.15, 0.2) is 0 Å². The number of methoxy groups -OCH3 is 1. The van der Waals surface area contributed by atoms with Crippen molar-refractivity contribution in [3.05, 3.63) is 29.8 Å². The molecule has 4 heteroatoms. The molecule has 1 aromatic rings. The fraction of sp³-hybridized carbons (Fsp3) is 0.455. The Bertz CT molecular complexity index is 286. The highest BCUT2D eigenvalue weighted by Crippen LogP contribution is 2.19. The molecule has 0 saturated carbocycles. The molecule has 2 atom stereocenters. The first kappa shape index (κ1) is 12.0. The molecule has 0 saturated heterocycles. The molecule has 0 bridgehead atoms. The molecule has 0 fully saturated rings. The second kappa shape index (κ2) is 5.70. The largest absolute Gasteiger partial charge is 0.497 e. The fourth-order valence-corrected chi connectivity index (χ4v) is 1.34. The third kappa shape index (κ3) is 3.20. The number of likely N-dealkylation sites (N-methyl/N-ethyl adjacent to an activating group) is 1. The molecule has 0 amide bonds. The Balaban J connectivity index is 2.69. The van der Waals surface area contributed by atoms with Crippen LogP contribution >= 0.6 is 0 Å². The summed E-state index contributed by atoms with van der Waals surface area (Å²) in [5.74, 6) is 0.731. The number of hydrogen-bond acceptors (Lipinski definition) is 4. The lowest BCUT2D eigenvalue weighted by Crippen LogP contribution is -2.29. The summed E-state index contributed by atoms with van der Waals surface area (Å²) in [6, 6.07) is 6.99. The van der Waals surface area contributed by atoms with E-state index in [0.717, 1.165) is 5.75 Å². The second-order valence-electron chi connectivity index (χ2n) is 3.34. The van der Waals surface area contributed by atoms with E-state index in [0.29, 0.717) is 12.1 Å². The average molecular weight is 211 g/mol. The summed E-state index contributed by atoms with van der Waals surface area (Å²) < 4.78 is 5.00. The van der Waals surface area contributed by atoms with Crippen LogP contribution in [0, 0.1) is 0 Å². The van der Waals surface area contributed by atoms with Crippen LogP contribution in [-0.4, -0.2) is 37.0 Å². The van der Waals surface area contributed by atoms with E-state index in [-0.39, 0.29) is 0 Å². The number of aliphatic hydroxyl groups excluding tert-OH is 2. The van der Waals surface area contributed by atoms with Gasteiger partial charge in [0.2, 0.25) is 0 Å². The van der Waals surface area contributed by atoms with Crippen molar-refractivity contribution in [3.8, 4) is 5.75 Å². The normalized spacial score (nSPS) is 14.7. The minimum atomic E-state index is -0.872. The molecule has 1 aromatic carbocycles. The first-order chi connectivity index (χ1) is 7.19. The predicted molar refractivity (Wildman–Crippen MR) is 57.9 cm³/mol. The maximum Gasteiger partial charge on any atom is 0.118 e. The lowest BCUT2D eigenvalue weighted by atomic mass is 10.0. The Morgan fingerprint density at radius 1 is 1.27 bits per heavy atom. The van der Waals surface area contributed by atoms with Gasteiger partial charge in [-0.15, -0.1) is 0 Å². The molecule has 4 nitrogen and oxygen atoms in total. The molecule has 0 heterocycles. The van der Waals surface area contributed by atoms with Gasteiger partial charge in [-0.3, -0.25) is 0 Å². The Morgan fingerprint density at radius 2 is 1.87 bits per heavy atom. The average Bonchev–Trinajstić information content (AvgIpc) is 2.28. The van der Waals surface area contributed by atoms with Gasteiger partial charge >= 0.3 is 0 Å². The lowest BCUT2D eigenvalue weighted by Gasteiger charge is -2.17. The van der Waals surface area contributed by atoms with Gasteiger partial charge in [-0.1, -0.05) is 12.1 Å². The zero-order chi connectivity index (χ0) is 11.3. The fourth-order valence-electron chi connectivity index (χ4n) is 1.34. The van der Waals surface area contributed by atoms with Crippen molar-refractivity contribution in [2.24, 2.45) is 0 Å². The third-order valence-corrected chi connectivity index (χ3v) is 2.24. The smallest absolute Gasteiger partial charge is 0.118 e. The Hall–Kier alpha value is -1.10. The molecule has 0 aliphatic heterocycles. The second-order valence-corrected chi connectivity index (χ2v) is 3.34. The van der Waals surface area contributed by atoms with E-state index in [1.807, 2.05) is 0 Å². The molecule has 84 valence electrons. The van der Waals surface area contributed by atoms with Crippen LogP contribution in [0.2, 0.25) is 0 Å². The number of aliphatic hydroxyl groups is 2. The first-order valence-electron chi connectivity index (χ1n) is 4.83. The van der Waals surface area contributed by atoms with Crippen LogP contribution in [0.25, 0.3) is 0 Å². The standard InChI is InChI=1S/C11H17NO3/c1-12-7-10(13)11(14)8-3-5-9(15-2)6-4-8/h3-6,10-14H,7H2,1-2H3. The van der Waals surface area contributed by atoms with Gasteiger partial charge in [-0.2, -0.15) is 0 Å². The van der Waals surface area contributed by atoms with Crippen LogP contribution in [0.1, 0.15) is 11.7 Å². The molecule has 2 unspecified atom stereocenters. The van der Waals surface area contributed by atoms with Crippen LogP contribution in [0.5, 0.6) is 5.75 Å². The SMILES string of the molecule is CNCC(O)C(O)c1ccc(OC)cc1. The van der Waals surface area contributed by atoms with E-state index < -0.39 is 12.2 Å². The first-order valence-corrected chi connectivity index (χ1v) is 4.83. The highest BCUT2D eigenvalue weighted by Gasteiger charge is 2.17. The number of ether oxygens (including phenoxy) is 1. The Morgan fingerprint density at radius 3 is 2.33 bits per heavy atom. The molecule has 3 N–H and O–H groups in total. The van der Waals surface area contributed by atoms with Gasteiger partial charge < -0.3 is 20.3 Å². The van der Waals surface area contributed by atoms with Gasteiger partial charge in [0.25, 0.3) is 0 Å². The Kier molecular flexibility index (Phi) is 4.55. The van der Waals surface area contributed by atoms with E-state index in [1.165, 1.54) is 0 Å². The van der Waals surface area contributed by atoms with E-state index in [4.69, 9.17) is 4.74 Å². The minimum absolute atomic E-state index is 0.354. The summed E-state index contributed by atoms with van der Waals surface area (Å²) in [6.45, 7) is 0.354. The van der Waals surface area contributed by atoms with Gasteiger partial charge in [-0.05, 0) is 24.7 Å². The summed E-state index contributed by atoms with van der Waals surface area (Å²) in [7, 11) is 3.31. The summed E-state index contributed by atoms with van der Waals surface area (Å²) in [5.41, 5.74) is 0.679. The topological polar surface area (TPSA) is 61.7 Å². The molecular formula is C11H17NO3. The Labute approximate surface area is 89.5 Å². The van der Waals surface area contributed by atoms with E-state index in [1.54, 1.807) is 38.4 Å². The summed E-state index contributed by atoms with van der Waals surface area (Å²) in [4.78, 5) is 0. The van der Waals surface area contributed by atoms with Crippen molar-refractivity contribution in [3.63, 3.8) is 0 Å². The maximum atomic E-state index is 9.75. The van der Waals surface area contributed by atoms with Crippen molar-refractivity contribution in [1.29, 1.82) is 0 Å². The van der Waals surface area contributed by atoms with E-state index in [9.17, 15) is 10.2 Å². The van der Waals surface area contributed by atoms with Gasteiger partial charge in [-0.25, -0.2) is 0 Å². The van der Waals surface area contributed by atoms with Crippen LogP contribution in [-0.2, 0) is 0 Å². The van der Waals surface area contributed by atoms with Crippen LogP contribution < -0.4 is 10.1 Å². The number of hydrogen-bond donors (Lipinski definition) is 3. The van der Waals surface area contributed by atoms with E-state index >= 15 is 0 Å². The van der Waals surface area contributed by atoms with Crippen molar-refractivity contribution in [2.45, 2.75) is 12.2 Å².